The van der Waals surface area contributed by atoms with Gasteiger partial charge in [0.1, 0.15) is 0 Å². The van der Waals surface area contributed by atoms with E-state index in [9.17, 15) is 17.2 Å². The minimum Gasteiger partial charge on any atom is -0.225 e. The zero-order valence-electron chi connectivity index (χ0n) is 7.52. The average Bonchev–Trinajstić information content (AvgIpc) is 2.59. The van der Waals surface area contributed by atoms with Gasteiger partial charge in [-0.05, 0) is 12.1 Å². The largest absolute Gasteiger partial charge is 0.401 e. The van der Waals surface area contributed by atoms with E-state index in [2.05, 4.69) is 4.98 Å². The van der Waals surface area contributed by atoms with E-state index in [1.54, 1.807) is 24.3 Å². The van der Waals surface area contributed by atoms with Crippen molar-refractivity contribution in [1.29, 1.82) is 0 Å². The SMILES string of the molecule is O=S(=O)(c1nc2ccccc2s1)C(F)(F)I. The highest BCUT2D eigenvalue weighted by Crippen LogP contribution is 2.38. The molecule has 0 spiro atoms. The monoisotopic (exact) mass is 375 g/mol. The quantitative estimate of drug-likeness (QED) is 0.599. The predicted molar refractivity (Wildman–Crippen MR) is 65.8 cm³/mol. The standard InChI is InChI=1S/C8H4F2INO2S2/c9-8(10,11)16(13,14)7-12-5-3-1-2-4-6(5)15-7/h1-4H. The fourth-order valence-electron chi connectivity index (χ4n) is 1.07. The van der Waals surface area contributed by atoms with Gasteiger partial charge in [0.15, 0.2) is 0 Å². The number of halogens is 3. The Morgan fingerprint density at radius 3 is 2.50 bits per heavy atom. The van der Waals surface area contributed by atoms with Crippen molar-refractivity contribution in [2.75, 3.05) is 0 Å². The van der Waals surface area contributed by atoms with Gasteiger partial charge >= 0.3 is 3.26 Å². The zero-order valence-corrected chi connectivity index (χ0v) is 11.3. The molecule has 3 nitrogen and oxygen atoms in total. The molecule has 0 saturated heterocycles. The highest BCUT2D eigenvalue weighted by atomic mass is 127. The molecule has 16 heavy (non-hydrogen) atoms. The number of sulfone groups is 1. The number of aromatic nitrogens is 1. The molecule has 2 aromatic rings. The third-order valence-electron chi connectivity index (χ3n) is 1.81. The van der Waals surface area contributed by atoms with E-state index in [-0.39, 0.29) is 0 Å². The predicted octanol–water partition coefficient (Wildman–Crippen LogP) is 3.06. The van der Waals surface area contributed by atoms with E-state index in [1.165, 1.54) is 0 Å². The van der Waals surface area contributed by atoms with Crippen LogP contribution < -0.4 is 0 Å². The first kappa shape index (κ1) is 12.1. The topological polar surface area (TPSA) is 47.0 Å². The van der Waals surface area contributed by atoms with E-state index >= 15 is 0 Å². The summed E-state index contributed by atoms with van der Waals surface area (Å²) in [5.74, 6) is 0. The van der Waals surface area contributed by atoms with E-state index < -0.39 is 17.4 Å². The lowest BCUT2D eigenvalue weighted by Gasteiger charge is -2.05. The van der Waals surface area contributed by atoms with E-state index in [1.807, 2.05) is 0 Å². The number of rotatable bonds is 2. The lowest BCUT2D eigenvalue weighted by atomic mass is 10.3. The van der Waals surface area contributed by atoms with Crippen LogP contribution in [0.4, 0.5) is 8.78 Å². The van der Waals surface area contributed by atoms with Crippen LogP contribution in [-0.4, -0.2) is 16.7 Å². The van der Waals surface area contributed by atoms with Gasteiger partial charge in [-0.15, -0.1) is 11.3 Å². The number of hydrogen-bond acceptors (Lipinski definition) is 4. The van der Waals surface area contributed by atoms with Gasteiger partial charge in [-0.1, -0.05) is 12.1 Å². The Hall–Kier alpha value is -0.350. The molecule has 0 N–H and O–H groups in total. The van der Waals surface area contributed by atoms with Crippen molar-refractivity contribution in [2.24, 2.45) is 0 Å². The summed E-state index contributed by atoms with van der Waals surface area (Å²) < 4.78 is 44.8. The van der Waals surface area contributed by atoms with Crippen molar-refractivity contribution >= 4 is 54.0 Å². The Balaban J connectivity index is 2.66. The number of alkyl halides is 3. The first-order valence-electron chi connectivity index (χ1n) is 3.99. The highest BCUT2D eigenvalue weighted by Gasteiger charge is 2.45. The number of para-hydroxylation sites is 1. The summed E-state index contributed by atoms with van der Waals surface area (Å²) in [5, 5.41) is 0. The molecule has 0 bridgehead atoms. The molecule has 0 amide bonds. The van der Waals surface area contributed by atoms with Crippen LogP contribution in [0.3, 0.4) is 0 Å². The molecule has 0 aliphatic heterocycles. The van der Waals surface area contributed by atoms with Crippen LogP contribution >= 0.6 is 33.9 Å². The molecule has 0 radical (unpaired) electrons. The first-order valence-corrected chi connectivity index (χ1v) is 7.37. The Morgan fingerprint density at radius 1 is 1.31 bits per heavy atom. The van der Waals surface area contributed by atoms with Gasteiger partial charge in [-0.25, -0.2) is 13.4 Å². The van der Waals surface area contributed by atoms with Crippen LogP contribution in [0.15, 0.2) is 28.6 Å². The lowest BCUT2D eigenvalue weighted by Crippen LogP contribution is -2.20. The average molecular weight is 375 g/mol. The minimum atomic E-state index is -4.68. The van der Waals surface area contributed by atoms with Crippen LogP contribution in [0.5, 0.6) is 0 Å². The van der Waals surface area contributed by atoms with Gasteiger partial charge in [-0.2, -0.15) is 8.78 Å². The van der Waals surface area contributed by atoms with E-state index in [0.717, 1.165) is 11.3 Å². The molecule has 2 rings (SSSR count). The number of hydrogen-bond donors (Lipinski definition) is 0. The smallest absolute Gasteiger partial charge is 0.225 e. The molecule has 0 saturated carbocycles. The molecular formula is C8H4F2INO2S2. The summed E-state index contributed by atoms with van der Waals surface area (Å²) in [6, 6.07) is 6.58. The summed E-state index contributed by atoms with van der Waals surface area (Å²) >= 11 is 1.34. The fourth-order valence-corrected chi connectivity index (χ4v) is 4.27. The third kappa shape index (κ3) is 1.93. The molecule has 0 unspecified atom stereocenters. The van der Waals surface area contributed by atoms with Crippen molar-refractivity contribution < 1.29 is 17.2 Å². The van der Waals surface area contributed by atoms with Crippen molar-refractivity contribution in [1.82, 2.24) is 4.98 Å². The molecule has 8 heteroatoms. The molecule has 1 heterocycles. The number of fused-ring (bicyclic) bond motifs is 1. The van der Waals surface area contributed by atoms with Gasteiger partial charge in [0.25, 0.3) is 9.84 Å². The van der Waals surface area contributed by atoms with Gasteiger partial charge in [0.05, 0.1) is 10.2 Å². The zero-order chi connectivity index (χ0) is 12.0. The summed E-state index contributed by atoms with van der Waals surface area (Å²) in [7, 11) is -4.68. The maximum atomic E-state index is 12.9. The maximum Gasteiger partial charge on any atom is 0.401 e. The van der Waals surface area contributed by atoms with Crippen molar-refractivity contribution in [3.63, 3.8) is 0 Å². The third-order valence-corrected chi connectivity index (χ3v) is 6.45. The van der Waals surface area contributed by atoms with E-state index in [4.69, 9.17) is 0 Å². The summed E-state index contributed by atoms with van der Waals surface area (Å²) in [6.45, 7) is 0. The van der Waals surface area contributed by atoms with Gasteiger partial charge in [-0.3, -0.25) is 0 Å². The number of benzene rings is 1. The van der Waals surface area contributed by atoms with Crippen LogP contribution in [0.2, 0.25) is 0 Å². The van der Waals surface area contributed by atoms with Crippen LogP contribution in [-0.2, 0) is 9.84 Å². The molecule has 0 atom stereocenters. The normalized spacial score (nSPS) is 13.2. The van der Waals surface area contributed by atoms with Gasteiger partial charge in [0, 0.05) is 22.6 Å². The van der Waals surface area contributed by atoms with Crippen molar-refractivity contribution in [2.45, 2.75) is 7.60 Å². The second kappa shape index (κ2) is 3.84. The van der Waals surface area contributed by atoms with Crippen LogP contribution in [0, 0.1) is 0 Å². The number of nitrogens with zero attached hydrogens (tertiary/aromatic N) is 1. The molecule has 1 aromatic carbocycles. The second-order valence-electron chi connectivity index (χ2n) is 2.90. The highest BCUT2D eigenvalue weighted by molar-refractivity contribution is 14.1. The van der Waals surface area contributed by atoms with Crippen molar-refractivity contribution in [3.8, 4) is 0 Å². The summed E-state index contributed by atoms with van der Waals surface area (Å²) in [5.41, 5.74) is 0.409. The van der Waals surface area contributed by atoms with E-state index in [0.29, 0.717) is 32.8 Å². The molecule has 0 aliphatic rings. The first-order chi connectivity index (χ1) is 7.32. The molecule has 0 fully saturated rings. The molecule has 86 valence electrons. The Kier molecular flexibility index (Phi) is 2.91. The molecule has 0 aliphatic carbocycles. The Bertz CT molecular complexity index is 600. The number of thiazole rings is 1. The summed E-state index contributed by atoms with van der Waals surface area (Å²) in [6.07, 6.45) is 0. The second-order valence-corrected chi connectivity index (χ2v) is 8.18. The molecular weight excluding hydrogens is 371 g/mol. The lowest BCUT2D eigenvalue weighted by molar-refractivity contribution is 0.215. The van der Waals surface area contributed by atoms with Crippen LogP contribution in [0.1, 0.15) is 0 Å². The molecule has 1 aromatic heterocycles. The van der Waals surface area contributed by atoms with Crippen molar-refractivity contribution in [3.05, 3.63) is 24.3 Å². The van der Waals surface area contributed by atoms with Crippen LogP contribution in [0.25, 0.3) is 10.2 Å². The Labute approximate surface area is 108 Å². The fraction of sp³-hybridized carbons (Fsp3) is 0.125. The summed E-state index contributed by atoms with van der Waals surface area (Å²) in [4.78, 5) is 3.70. The van der Waals surface area contributed by atoms with Gasteiger partial charge < -0.3 is 0 Å². The van der Waals surface area contributed by atoms with Gasteiger partial charge in [0.2, 0.25) is 4.34 Å². The minimum absolute atomic E-state index is 0.409. The Morgan fingerprint density at radius 2 is 1.94 bits per heavy atom. The maximum absolute atomic E-state index is 12.9.